The van der Waals surface area contributed by atoms with Crippen molar-refractivity contribution in [3.05, 3.63) is 18.2 Å². The molecule has 8 heteroatoms. The molecule has 0 unspecified atom stereocenters. The van der Waals surface area contributed by atoms with Gasteiger partial charge >= 0.3 is 0 Å². The van der Waals surface area contributed by atoms with E-state index in [1.54, 1.807) is 0 Å². The number of rotatable bonds is 4. The molecular weight excluding hydrogens is 392 g/mol. The number of hydrogen-bond donors (Lipinski definition) is 2. The van der Waals surface area contributed by atoms with Gasteiger partial charge in [-0.1, -0.05) is 0 Å². The van der Waals surface area contributed by atoms with Gasteiger partial charge in [0.05, 0.1) is 37.8 Å². The van der Waals surface area contributed by atoms with Crippen molar-refractivity contribution < 1.29 is 14.3 Å². The van der Waals surface area contributed by atoms with E-state index in [0.29, 0.717) is 6.04 Å². The smallest absolute Gasteiger partial charge is 0.227 e. The van der Waals surface area contributed by atoms with Gasteiger partial charge in [-0.3, -0.25) is 4.79 Å². The molecule has 2 atom stereocenters. The number of benzene rings is 1. The number of nitrogens with zero attached hydrogens (tertiary/aromatic N) is 2. The number of carbonyl (C=O) groups is 1. The largest absolute Gasteiger partial charge is 0.378 e. The zero-order valence-corrected chi connectivity index (χ0v) is 18.0. The summed E-state index contributed by atoms with van der Waals surface area (Å²) in [7, 11) is 0. The van der Waals surface area contributed by atoms with Crippen molar-refractivity contribution in [3.63, 3.8) is 0 Å². The summed E-state index contributed by atoms with van der Waals surface area (Å²) < 4.78 is 11.0. The Morgan fingerprint density at radius 1 is 1.07 bits per heavy atom. The van der Waals surface area contributed by atoms with E-state index in [9.17, 15) is 4.79 Å². The molecule has 0 spiro atoms. The van der Waals surface area contributed by atoms with Crippen LogP contribution in [0.1, 0.15) is 19.8 Å². The maximum Gasteiger partial charge on any atom is 0.227 e. The van der Waals surface area contributed by atoms with Crippen molar-refractivity contribution >= 4 is 35.4 Å². The topological polar surface area (TPSA) is 66.1 Å². The monoisotopic (exact) mass is 424 g/mol. The van der Waals surface area contributed by atoms with Gasteiger partial charge in [-0.05, 0) is 44.5 Å². The Balaban J connectivity index is 0.00000240. The van der Waals surface area contributed by atoms with E-state index < -0.39 is 0 Å². The quantitative estimate of drug-likeness (QED) is 0.771. The molecule has 3 saturated heterocycles. The first kappa shape index (κ1) is 22.2. The van der Waals surface area contributed by atoms with Gasteiger partial charge in [0.25, 0.3) is 0 Å². The van der Waals surface area contributed by atoms with Crippen LogP contribution < -0.4 is 20.4 Å². The zero-order valence-electron chi connectivity index (χ0n) is 17.2. The van der Waals surface area contributed by atoms with Crippen LogP contribution in [0.2, 0.25) is 0 Å². The number of morpholine rings is 2. The van der Waals surface area contributed by atoms with E-state index >= 15 is 0 Å². The van der Waals surface area contributed by atoms with Crippen LogP contribution in [0.4, 0.5) is 17.1 Å². The summed E-state index contributed by atoms with van der Waals surface area (Å²) >= 11 is 0. The molecule has 29 heavy (non-hydrogen) atoms. The molecule has 1 amide bonds. The Hall–Kier alpha value is -1.54. The fourth-order valence-electron chi connectivity index (χ4n) is 4.31. The van der Waals surface area contributed by atoms with Crippen LogP contribution in [0.5, 0.6) is 0 Å². The first-order valence-corrected chi connectivity index (χ1v) is 10.5. The van der Waals surface area contributed by atoms with Gasteiger partial charge in [0.15, 0.2) is 0 Å². The average Bonchev–Trinajstić information content (AvgIpc) is 2.75. The van der Waals surface area contributed by atoms with Crippen molar-refractivity contribution in [1.29, 1.82) is 0 Å². The third-order valence-corrected chi connectivity index (χ3v) is 5.96. The van der Waals surface area contributed by atoms with Gasteiger partial charge in [0.1, 0.15) is 0 Å². The Bertz CT molecular complexity index is 678. The van der Waals surface area contributed by atoms with Crippen molar-refractivity contribution in [2.24, 2.45) is 5.92 Å². The van der Waals surface area contributed by atoms with Gasteiger partial charge in [-0.2, -0.15) is 0 Å². The van der Waals surface area contributed by atoms with Gasteiger partial charge in [0.2, 0.25) is 5.91 Å². The minimum absolute atomic E-state index is 0. The second kappa shape index (κ2) is 10.5. The normalized spacial score (nSPS) is 25.3. The molecule has 3 aliphatic rings. The molecule has 7 nitrogen and oxygen atoms in total. The van der Waals surface area contributed by atoms with Crippen LogP contribution in [0, 0.1) is 5.92 Å². The Morgan fingerprint density at radius 2 is 1.72 bits per heavy atom. The minimum Gasteiger partial charge on any atom is -0.378 e. The van der Waals surface area contributed by atoms with Crippen molar-refractivity contribution in [1.82, 2.24) is 5.32 Å². The van der Waals surface area contributed by atoms with Gasteiger partial charge < -0.3 is 29.9 Å². The second-order valence-corrected chi connectivity index (χ2v) is 7.97. The summed E-state index contributed by atoms with van der Waals surface area (Å²) in [6.45, 7) is 9.53. The fraction of sp³-hybridized carbons (Fsp3) is 0.667. The molecule has 0 bridgehead atoms. The molecule has 0 aliphatic carbocycles. The predicted octanol–water partition coefficient (Wildman–Crippen LogP) is 2.11. The highest BCUT2D eigenvalue weighted by Gasteiger charge is 2.26. The molecule has 3 heterocycles. The Kier molecular flexibility index (Phi) is 8.00. The molecule has 4 rings (SSSR count). The van der Waals surface area contributed by atoms with Crippen LogP contribution in [-0.2, 0) is 14.3 Å². The summed E-state index contributed by atoms with van der Waals surface area (Å²) in [6, 6.07) is 6.80. The molecule has 1 aromatic carbocycles. The van der Waals surface area contributed by atoms with Crippen molar-refractivity contribution in [2.45, 2.75) is 25.8 Å². The van der Waals surface area contributed by atoms with E-state index in [2.05, 4.69) is 45.6 Å². The maximum absolute atomic E-state index is 12.9. The molecule has 1 aromatic rings. The van der Waals surface area contributed by atoms with Gasteiger partial charge in [-0.15, -0.1) is 12.4 Å². The van der Waals surface area contributed by atoms with E-state index in [4.69, 9.17) is 9.47 Å². The second-order valence-electron chi connectivity index (χ2n) is 7.97. The van der Waals surface area contributed by atoms with E-state index in [-0.39, 0.29) is 24.2 Å². The molecule has 162 valence electrons. The van der Waals surface area contributed by atoms with Crippen LogP contribution in [-0.4, -0.2) is 71.1 Å². The lowest BCUT2D eigenvalue weighted by Gasteiger charge is -2.34. The number of anilines is 3. The number of nitrogens with one attached hydrogen (secondary N) is 2. The molecule has 0 saturated carbocycles. The standard InChI is InChI=1S/C21H32N4O3.ClH/c1-16-14-17(4-5-22-16)21(26)23-19-3-2-18(24-6-10-27-11-7-24)15-20(19)25-8-12-28-13-9-25;/h2-3,15-17,22H,4-14H2,1H3,(H,23,26);1H/t16-,17-;/m0./s1. The van der Waals surface area contributed by atoms with E-state index in [0.717, 1.165) is 83.4 Å². The summed E-state index contributed by atoms with van der Waals surface area (Å²) in [5.74, 6) is 0.217. The van der Waals surface area contributed by atoms with E-state index in [1.807, 2.05) is 0 Å². The third kappa shape index (κ3) is 5.54. The van der Waals surface area contributed by atoms with Crippen LogP contribution in [0.3, 0.4) is 0 Å². The predicted molar refractivity (Wildman–Crippen MR) is 119 cm³/mol. The Morgan fingerprint density at radius 3 is 2.38 bits per heavy atom. The lowest BCUT2D eigenvalue weighted by atomic mass is 9.92. The molecule has 2 N–H and O–H groups in total. The number of piperidine rings is 1. The van der Waals surface area contributed by atoms with Crippen LogP contribution in [0.15, 0.2) is 18.2 Å². The zero-order chi connectivity index (χ0) is 19.3. The molecule has 3 aliphatic heterocycles. The fourth-order valence-corrected chi connectivity index (χ4v) is 4.31. The summed E-state index contributed by atoms with van der Waals surface area (Å²) in [5, 5.41) is 6.66. The molecular formula is C21H33ClN4O3. The van der Waals surface area contributed by atoms with E-state index in [1.165, 1.54) is 5.69 Å². The van der Waals surface area contributed by atoms with Crippen molar-refractivity contribution in [3.8, 4) is 0 Å². The van der Waals surface area contributed by atoms with Gasteiger partial charge in [-0.25, -0.2) is 0 Å². The molecule has 0 aromatic heterocycles. The third-order valence-electron chi connectivity index (χ3n) is 5.96. The first-order chi connectivity index (χ1) is 13.7. The highest BCUT2D eigenvalue weighted by molar-refractivity contribution is 5.96. The molecule has 3 fully saturated rings. The van der Waals surface area contributed by atoms with Gasteiger partial charge in [0, 0.05) is 43.8 Å². The van der Waals surface area contributed by atoms with Crippen LogP contribution in [0.25, 0.3) is 0 Å². The number of hydrogen-bond acceptors (Lipinski definition) is 6. The lowest BCUT2D eigenvalue weighted by Crippen LogP contribution is -2.41. The van der Waals surface area contributed by atoms with Crippen LogP contribution >= 0.6 is 12.4 Å². The summed E-state index contributed by atoms with van der Waals surface area (Å²) in [5.41, 5.74) is 3.20. The summed E-state index contributed by atoms with van der Waals surface area (Å²) in [6.07, 6.45) is 1.79. The molecule has 0 radical (unpaired) electrons. The maximum atomic E-state index is 12.9. The van der Waals surface area contributed by atoms with Crippen molar-refractivity contribution in [2.75, 3.05) is 74.3 Å². The lowest BCUT2D eigenvalue weighted by molar-refractivity contribution is -0.120. The Labute approximate surface area is 179 Å². The SMILES string of the molecule is C[C@H]1C[C@@H](C(=O)Nc2ccc(N3CCOCC3)cc2N2CCOCC2)CCN1.Cl. The first-order valence-electron chi connectivity index (χ1n) is 10.5. The number of halogens is 1. The number of carbonyl (C=O) groups excluding carboxylic acids is 1. The highest BCUT2D eigenvalue weighted by Crippen LogP contribution is 2.33. The summed E-state index contributed by atoms with van der Waals surface area (Å²) in [4.78, 5) is 17.6. The minimum atomic E-state index is 0. The average molecular weight is 425 g/mol. The number of ether oxygens (including phenoxy) is 2. The number of amides is 1. The highest BCUT2D eigenvalue weighted by atomic mass is 35.5.